The number of hydrogen-bond donors (Lipinski definition) is 1. The van der Waals surface area contributed by atoms with Crippen molar-refractivity contribution in [2.75, 3.05) is 6.54 Å². The number of rotatable bonds is 4. The van der Waals surface area contributed by atoms with Gasteiger partial charge in [-0.05, 0) is 35.4 Å². The van der Waals surface area contributed by atoms with Crippen LogP contribution in [0.5, 0.6) is 0 Å². The maximum atomic E-state index is 11.9. The van der Waals surface area contributed by atoms with E-state index in [9.17, 15) is 9.59 Å². The highest BCUT2D eigenvalue weighted by Crippen LogP contribution is 2.37. The van der Waals surface area contributed by atoms with Crippen LogP contribution in [0.4, 0.5) is 0 Å². The normalized spacial score (nSPS) is 15.7. The molecule has 1 aliphatic rings. The van der Waals surface area contributed by atoms with Gasteiger partial charge in [-0.2, -0.15) is 0 Å². The van der Waals surface area contributed by atoms with Crippen LogP contribution in [-0.4, -0.2) is 23.1 Å². The SMILES string of the molecule is NC(=O)C=C1C(=O)CN1C(c1ccc(Cl)cc1)c1ccc(Cl)cc1. The molecule has 1 saturated heterocycles. The summed E-state index contributed by atoms with van der Waals surface area (Å²) in [5.41, 5.74) is 7.43. The molecule has 1 fully saturated rings. The first kappa shape index (κ1) is 16.6. The number of likely N-dealkylation sites (tertiary alicyclic amines) is 1. The minimum atomic E-state index is -0.644. The summed E-state index contributed by atoms with van der Waals surface area (Å²) in [6.07, 6.45) is 1.17. The molecule has 24 heavy (non-hydrogen) atoms. The molecule has 1 heterocycles. The fraction of sp³-hybridized carbons (Fsp3) is 0.111. The third-order valence-corrected chi connectivity index (χ3v) is 4.38. The predicted molar refractivity (Wildman–Crippen MR) is 93.7 cm³/mol. The molecule has 2 aromatic rings. The molecule has 6 heteroatoms. The van der Waals surface area contributed by atoms with E-state index in [-0.39, 0.29) is 18.4 Å². The summed E-state index contributed by atoms with van der Waals surface area (Å²) in [6.45, 7) is 0.217. The number of Topliss-reactive ketones (excluding diaryl/α,β-unsaturated/α-hetero) is 1. The van der Waals surface area contributed by atoms with Crippen LogP contribution in [0.25, 0.3) is 0 Å². The molecular formula is C18H14Cl2N2O2. The molecule has 0 spiro atoms. The third kappa shape index (κ3) is 3.30. The number of halogens is 2. The topological polar surface area (TPSA) is 63.4 Å². The van der Waals surface area contributed by atoms with Crippen molar-refractivity contribution in [1.29, 1.82) is 0 Å². The molecule has 0 bridgehead atoms. The van der Waals surface area contributed by atoms with Crippen LogP contribution >= 0.6 is 23.2 Å². The van der Waals surface area contributed by atoms with Gasteiger partial charge >= 0.3 is 0 Å². The summed E-state index contributed by atoms with van der Waals surface area (Å²) in [5, 5.41) is 1.25. The Labute approximate surface area is 149 Å². The molecule has 0 aromatic heterocycles. The molecule has 1 aliphatic heterocycles. The van der Waals surface area contributed by atoms with Gasteiger partial charge in [0.25, 0.3) is 0 Å². The average Bonchev–Trinajstić information content (AvgIpc) is 2.55. The number of carbonyl (C=O) groups excluding carboxylic acids is 2. The summed E-state index contributed by atoms with van der Waals surface area (Å²) < 4.78 is 0. The second kappa shape index (κ2) is 6.67. The number of nitrogens with two attached hydrogens (primary N) is 1. The van der Waals surface area contributed by atoms with Crippen molar-refractivity contribution >= 4 is 34.9 Å². The summed E-state index contributed by atoms with van der Waals surface area (Å²) in [4.78, 5) is 24.9. The van der Waals surface area contributed by atoms with Crippen molar-refractivity contribution in [2.45, 2.75) is 6.04 Å². The Morgan fingerprint density at radius 2 is 1.46 bits per heavy atom. The zero-order valence-corrected chi connectivity index (χ0v) is 14.1. The van der Waals surface area contributed by atoms with E-state index in [1.165, 1.54) is 6.08 Å². The van der Waals surface area contributed by atoms with Gasteiger partial charge in [0.2, 0.25) is 5.91 Å². The standard InChI is InChI=1S/C18H14Cl2N2O2/c19-13-5-1-11(2-6-13)18(12-3-7-14(20)8-4-12)22-10-16(23)15(22)9-17(21)24/h1-9,18H,10H2,(H2,21,24). The van der Waals surface area contributed by atoms with Gasteiger partial charge in [0.1, 0.15) is 0 Å². The highest BCUT2D eigenvalue weighted by molar-refractivity contribution is 6.30. The van der Waals surface area contributed by atoms with Gasteiger partial charge in [0.15, 0.2) is 5.78 Å². The average molecular weight is 361 g/mol. The maximum Gasteiger partial charge on any atom is 0.243 e. The number of carbonyl (C=O) groups is 2. The van der Waals surface area contributed by atoms with Gasteiger partial charge < -0.3 is 10.6 Å². The van der Waals surface area contributed by atoms with Crippen LogP contribution in [-0.2, 0) is 9.59 Å². The maximum absolute atomic E-state index is 11.9. The Kier molecular flexibility index (Phi) is 4.60. The van der Waals surface area contributed by atoms with Gasteiger partial charge in [-0.1, -0.05) is 47.5 Å². The smallest absolute Gasteiger partial charge is 0.243 e. The number of nitrogens with zero attached hydrogens (tertiary/aromatic N) is 1. The molecule has 0 atom stereocenters. The lowest BCUT2D eigenvalue weighted by atomic mass is 9.92. The molecule has 0 aliphatic carbocycles. The van der Waals surface area contributed by atoms with Crippen molar-refractivity contribution in [3.8, 4) is 0 Å². The third-order valence-electron chi connectivity index (χ3n) is 3.87. The molecule has 1 amide bonds. The number of ketones is 1. The van der Waals surface area contributed by atoms with Crippen molar-refractivity contribution < 1.29 is 9.59 Å². The van der Waals surface area contributed by atoms with Gasteiger partial charge in [0.05, 0.1) is 18.3 Å². The molecule has 0 unspecified atom stereocenters. The number of hydrogen-bond acceptors (Lipinski definition) is 3. The Morgan fingerprint density at radius 1 is 1.00 bits per heavy atom. The zero-order chi connectivity index (χ0) is 17.3. The lowest BCUT2D eigenvalue weighted by Gasteiger charge is -2.41. The summed E-state index contributed by atoms with van der Waals surface area (Å²) in [6, 6.07) is 14.5. The minimum absolute atomic E-state index is 0.110. The van der Waals surface area contributed by atoms with Crippen LogP contribution < -0.4 is 5.73 Å². The van der Waals surface area contributed by atoms with E-state index in [0.29, 0.717) is 15.7 Å². The molecule has 0 radical (unpaired) electrons. The first-order valence-corrected chi connectivity index (χ1v) is 8.03. The van der Waals surface area contributed by atoms with Crippen LogP contribution in [0, 0.1) is 0 Å². The van der Waals surface area contributed by atoms with Crippen molar-refractivity contribution in [3.05, 3.63) is 81.5 Å². The van der Waals surface area contributed by atoms with Crippen molar-refractivity contribution in [1.82, 2.24) is 4.90 Å². The lowest BCUT2D eigenvalue weighted by molar-refractivity contribution is -0.125. The number of amides is 1. The lowest BCUT2D eigenvalue weighted by Crippen LogP contribution is -2.47. The quantitative estimate of drug-likeness (QED) is 0.850. The van der Waals surface area contributed by atoms with Crippen LogP contribution in [0.2, 0.25) is 10.0 Å². The van der Waals surface area contributed by atoms with Crippen LogP contribution in [0.1, 0.15) is 17.2 Å². The predicted octanol–water partition coefficient (Wildman–Crippen LogP) is 3.34. The van der Waals surface area contributed by atoms with E-state index < -0.39 is 5.91 Å². The molecule has 4 nitrogen and oxygen atoms in total. The van der Waals surface area contributed by atoms with Gasteiger partial charge in [0, 0.05) is 16.1 Å². The van der Waals surface area contributed by atoms with Gasteiger partial charge in [-0.3, -0.25) is 9.59 Å². The van der Waals surface area contributed by atoms with E-state index in [1.54, 1.807) is 24.3 Å². The van der Waals surface area contributed by atoms with Crippen molar-refractivity contribution in [3.63, 3.8) is 0 Å². The molecule has 0 saturated carbocycles. The summed E-state index contributed by atoms with van der Waals surface area (Å²) in [7, 11) is 0. The second-order valence-electron chi connectivity index (χ2n) is 5.49. The van der Waals surface area contributed by atoms with E-state index >= 15 is 0 Å². The van der Waals surface area contributed by atoms with Crippen LogP contribution in [0.3, 0.4) is 0 Å². The summed E-state index contributed by atoms with van der Waals surface area (Å²) >= 11 is 11.9. The van der Waals surface area contributed by atoms with E-state index in [2.05, 4.69) is 0 Å². The first-order valence-electron chi connectivity index (χ1n) is 7.27. The molecule has 122 valence electrons. The highest BCUT2D eigenvalue weighted by atomic mass is 35.5. The Hall–Kier alpha value is -2.30. The van der Waals surface area contributed by atoms with Crippen LogP contribution in [0.15, 0.2) is 60.3 Å². The largest absolute Gasteiger partial charge is 0.366 e. The van der Waals surface area contributed by atoms with Gasteiger partial charge in [-0.25, -0.2) is 0 Å². The Morgan fingerprint density at radius 3 is 1.83 bits per heavy atom. The first-order chi connectivity index (χ1) is 11.5. The fourth-order valence-electron chi connectivity index (χ4n) is 2.76. The molecule has 2 N–H and O–H groups in total. The summed E-state index contributed by atoms with van der Waals surface area (Å²) in [5.74, 6) is -0.754. The van der Waals surface area contributed by atoms with E-state index in [4.69, 9.17) is 28.9 Å². The Balaban J connectivity index is 2.05. The minimum Gasteiger partial charge on any atom is -0.366 e. The monoisotopic (exact) mass is 360 g/mol. The fourth-order valence-corrected chi connectivity index (χ4v) is 3.01. The highest BCUT2D eigenvalue weighted by Gasteiger charge is 2.37. The van der Waals surface area contributed by atoms with Gasteiger partial charge in [-0.15, -0.1) is 0 Å². The molecular weight excluding hydrogens is 347 g/mol. The number of benzene rings is 2. The number of primary amides is 1. The Bertz CT molecular complexity index is 768. The van der Waals surface area contributed by atoms with E-state index in [1.807, 2.05) is 29.2 Å². The van der Waals surface area contributed by atoms with E-state index in [0.717, 1.165) is 11.1 Å². The zero-order valence-electron chi connectivity index (χ0n) is 12.6. The van der Waals surface area contributed by atoms with Crippen molar-refractivity contribution in [2.24, 2.45) is 5.73 Å². The molecule has 3 rings (SSSR count). The second-order valence-corrected chi connectivity index (χ2v) is 6.36. The molecule has 2 aromatic carbocycles.